The summed E-state index contributed by atoms with van der Waals surface area (Å²) in [4.78, 5) is 4.49. The number of benzene rings is 1. The summed E-state index contributed by atoms with van der Waals surface area (Å²) in [5, 5.41) is 7.27. The van der Waals surface area contributed by atoms with Crippen LogP contribution in [0.3, 0.4) is 0 Å². The molecule has 20 heavy (non-hydrogen) atoms. The first-order valence-electron chi connectivity index (χ1n) is 6.55. The van der Waals surface area contributed by atoms with Crippen LogP contribution >= 0.6 is 0 Å². The van der Waals surface area contributed by atoms with Crippen LogP contribution < -0.4 is 10.1 Å². The fourth-order valence-electron chi connectivity index (χ4n) is 2.41. The Morgan fingerprint density at radius 3 is 2.95 bits per heavy atom. The molecular formula is C14H17N3O3. The van der Waals surface area contributed by atoms with E-state index in [1.807, 2.05) is 31.3 Å². The van der Waals surface area contributed by atoms with Crippen molar-refractivity contribution in [2.45, 2.75) is 12.0 Å². The van der Waals surface area contributed by atoms with Crippen molar-refractivity contribution in [2.75, 3.05) is 27.4 Å². The maximum atomic E-state index is 5.46. The van der Waals surface area contributed by atoms with Gasteiger partial charge in [-0.15, -0.1) is 0 Å². The first-order valence-corrected chi connectivity index (χ1v) is 6.55. The van der Waals surface area contributed by atoms with E-state index in [1.54, 1.807) is 7.11 Å². The largest absolute Gasteiger partial charge is 0.496 e. The number of ether oxygens (including phenoxy) is 2. The molecule has 6 nitrogen and oxygen atoms in total. The SMILES string of the molecule is CNC1COCC1c1nc(-c2ccccc2OC)no1. The van der Waals surface area contributed by atoms with E-state index in [-0.39, 0.29) is 12.0 Å². The van der Waals surface area contributed by atoms with Crippen LogP contribution in [0.25, 0.3) is 11.4 Å². The van der Waals surface area contributed by atoms with Gasteiger partial charge in [-0.05, 0) is 19.2 Å². The molecule has 6 heteroatoms. The summed E-state index contributed by atoms with van der Waals surface area (Å²) in [6, 6.07) is 7.82. The number of nitrogens with zero attached hydrogens (tertiary/aromatic N) is 2. The number of nitrogens with one attached hydrogen (secondary N) is 1. The minimum atomic E-state index is 0.0935. The van der Waals surface area contributed by atoms with Gasteiger partial charge in [-0.2, -0.15) is 4.98 Å². The van der Waals surface area contributed by atoms with Crippen LogP contribution in [-0.4, -0.2) is 43.6 Å². The van der Waals surface area contributed by atoms with Crippen LogP contribution in [0.5, 0.6) is 5.75 Å². The summed E-state index contributed by atoms with van der Waals surface area (Å²) in [7, 11) is 3.53. The Bertz CT molecular complexity index is 585. The highest BCUT2D eigenvalue weighted by Crippen LogP contribution is 2.30. The Hall–Kier alpha value is -1.92. The average Bonchev–Trinajstić information content (AvgIpc) is 3.15. The zero-order valence-corrected chi connectivity index (χ0v) is 11.5. The average molecular weight is 275 g/mol. The molecule has 1 aliphatic heterocycles. The van der Waals surface area contributed by atoms with Crippen molar-refractivity contribution in [3.8, 4) is 17.1 Å². The molecule has 0 radical (unpaired) electrons. The van der Waals surface area contributed by atoms with Gasteiger partial charge in [-0.25, -0.2) is 0 Å². The van der Waals surface area contributed by atoms with E-state index in [0.29, 0.717) is 24.9 Å². The molecule has 0 amide bonds. The molecule has 1 aliphatic rings. The van der Waals surface area contributed by atoms with Crippen molar-refractivity contribution in [3.63, 3.8) is 0 Å². The Balaban J connectivity index is 1.90. The van der Waals surface area contributed by atoms with E-state index in [4.69, 9.17) is 14.0 Å². The number of aromatic nitrogens is 2. The van der Waals surface area contributed by atoms with Crippen molar-refractivity contribution in [1.82, 2.24) is 15.5 Å². The second-order valence-electron chi connectivity index (χ2n) is 4.70. The molecule has 106 valence electrons. The Morgan fingerprint density at radius 2 is 2.15 bits per heavy atom. The minimum absolute atomic E-state index is 0.0935. The van der Waals surface area contributed by atoms with Gasteiger partial charge in [0.2, 0.25) is 11.7 Å². The molecule has 1 aromatic carbocycles. The zero-order chi connectivity index (χ0) is 13.9. The molecule has 0 aliphatic carbocycles. The van der Waals surface area contributed by atoms with Gasteiger partial charge in [-0.1, -0.05) is 17.3 Å². The van der Waals surface area contributed by atoms with Crippen molar-refractivity contribution in [1.29, 1.82) is 0 Å². The molecule has 0 spiro atoms. The van der Waals surface area contributed by atoms with Crippen LogP contribution in [0, 0.1) is 0 Å². The van der Waals surface area contributed by atoms with Gasteiger partial charge in [-0.3, -0.25) is 0 Å². The van der Waals surface area contributed by atoms with Gasteiger partial charge in [0, 0.05) is 6.04 Å². The highest BCUT2D eigenvalue weighted by Gasteiger charge is 2.33. The third-order valence-electron chi connectivity index (χ3n) is 3.56. The lowest BCUT2D eigenvalue weighted by Crippen LogP contribution is -2.31. The summed E-state index contributed by atoms with van der Waals surface area (Å²) in [6.07, 6.45) is 0. The number of hydrogen-bond acceptors (Lipinski definition) is 6. The number of hydrogen-bond donors (Lipinski definition) is 1. The van der Waals surface area contributed by atoms with Crippen LogP contribution in [0.1, 0.15) is 11.8 Å². The second-order valence-corrected chi connectivity index (χ2v) is 4.70. The molecule has 3 rings (SSSR count). The molecule has 1 aromatic heterocycles. The van der Waals surface area contributed by atoms with Crippen molar-refractivity contribution < 1.29 is 14.0 Å². The van der Waals surface area contributed by atoms with Gasteiger partial charge in [0.1, 0.15) is 5.75 Å². The van der Waals surface area contributed by atoms with E-state index in [2.05, 4.69) is 15.5 Å². The minimum Gasteiger partial charge on any atom is -0.496 e. The molecule has 1 N–H and O–H groups in total. The normalized spacial score (nSPS) is 22.1. The predicted octanol–water partition coefficient (Wildman–Crippen LogP) is 1.45. The van der Waals surface area contributed by atoms with E-state index in [9.17, 15) is 0 Å². The lowest BCUT2D eigenvalue weighted by atomic mass is 10.0. The molecular weight excluding hydrogens is 258 g/mol. The Morgan fingerprint density at radius 1 is 1.30 bits per heavy atom. The molecule has 2 heterocycles. The number of methoxy groups -OCH3 is 1. The highest BCUT2D eigenvalue weighted by atomic mass is 16.5. The summed E-state index contributed by atoms with van der Waals surface area (Å²) in [5.74, 6) is 1.96. The predicted molar refractivity (Wildman–Crippen MR) is 72.7 cm³/mol. The molecule has 0 bridgehead atoms. The lowest BCUT2D eigenvalue weighted by Gasteiger charge is -2.11. The summed E-state index contributed by atoms with van der Waals surface area (Å²) in [6.45, 7) is 1.26. The third-order valence-corrected chi connectivity index (χ3v) is 3.56. The second kappa shape index (κ2) is 5.60. The quantitative estimate of drug-likeness (QED) is 0.910. The molecule has 1 saturated heterocycles. The molecule has 2 unspecified atom stereocenters. The van der Waals surface area contributed by atoms with Gasteiger partial charge < -0.3 is 19.3 Å². The smallest absolute Gasteiger partial charge is 0.234 e. The zero-order valence-electron chi connectivity index (χ0n) is 11.5. The fourth-order valence-corrected chi connectivity index (χ4v) is 2.41. The Kier molecular flexibility index (Phi) is 3.66. The lowest BCUT2D eigenvalue weighted by molar-refractivity contribution is 0.185. The summed E-state index contributed by atoms with van der Waals surface area (Å²) < 4.78 is 16.2. The van der Waals surface area contributed by atoms with Crippen LogP contribution in [-0.2, 0) is 4.74 Å². The van der Waals surface area contributed by atoms with Gasteiger partial charge in [0.05, 0.1) is 31.8 Å². The van der Waals surface area contributed by atoms with Crippen LogP contribution in [0.2, 0.25) is 0 Å². The monoisotopic (exact) mass is 275 g/mol. The first-order chi connectivity index (χ1) is 9.83. The molecule has 0 saturated carbocycles. The fraction of sp³-hybridized carbons (Fsp3) is 0.429. The number of rotatable bonds is 4. The molecule has 2 aromatic rings. The van der Waals surface area contributed by atoms with E-state index in [1.165, 1.54) is 0 Å². The van der Waals surface area contributed by atoms with Crippen LogP contribution in [0.15, 0.2) is 28.8 Å². The van der Waals surface area contributed by atoms with Crippen molar-refractivity contribution >= 4 is 0 Å². The maximum Gasteiger partial charge on any atom is 0.234 e. The van der Waals surface area contributed by atoms with Gasteiger partial charge in [0.25, 0.3) is 0 Å². The Labute approximate surface area is 117 Å². The third kappa shape index (κ3) is 2.28. The summed E-state index contributed by atoms with van der Waals surface area (Å²) >= 11 is 0. The summed E-state index contributed by atoms with van der Waals surface area (Å²) in [5.41, 5.74) is 0.824. The highest BCUT2D eigenvalue weighted by molar-refractivity contribution is 5.63. The van der Waals surface area contributed by atoms with E-state index in [0.717, 1.165) is 11.3 Å². The maximum absolute atomic E-state index is 5.46. The van der Waals surface area contributed by atoms with Crippen molar-refractivity contribution in [3.05, 3.63) is 30.2 Å². The molecule has 2 atom stereocenters. The first kappa shape index (κ1) is 13.1. The van der Waals surface area contributed by atoms with E-state index < -0.39 is 0 Å². The topological polar surface area (TPSA) is 69.4 Å². The molecule has 1 fully saturated rings. The number of likely N-dealkylation sites (N-methyl/N-ethyl adjacent to an activating group) is 1. The van der Waals surface area contributed by atoms with Crippen molar-refractivity contribution in [2.24, 2.45) is 0 Å². The van der Waals surface area contributed by atoms with Gasteiger partial charge >= 0.3 is 0 Å². The van der Waals surface area contributed by atoms with Crippen LogP contribution in [0.4, 0.5) is 0 Å². The van der Waals surface area contributed by atoms with Gasteiger partial charge in [0.15, 0.2) is 0 Å². The number of para-hydroxylation sites is 1. The van der Waals surface area contributed by atoms with E-state index >= 15 is 0 Å². The standard InChI is InChI=1S/C14H17N3O3/c1-15-11-8-19-7-10(11)14-16-13(17-20-14)9-5-3-4-6-12(9)18-2/h3-6,10-11,15H,7-8H2,1-2H3.